The Bertz CT molecular complexity index is 399. The minimum Gasteiger partial charge on any atom is -0.368 e. The summed E-state index contributed by atoms with van der Waals surface area (Å²) in [6.45, 7) is 12.0. The minimum atomic E-state index is 0.0506. The third-order valence-electron chi connectivity index (χ3n) is 2.68. The molecule has 0 spiro atoms. The lowest BCUT2D eigenvalue weighted by Crippen LogP contribution is -2.24. The summed E-state index contributed by atoms with van der Waals surface area (Å²) in [4.78, 5) is 2.29. The summed E-state index contributed by atoms with van der Waals surface area (Å²) >= 11 is 3.58. The van der Waals surface area contributed by atoms with Gasteiger partial charge in [0.25, 0.3) is 0 Å². The molecule has 0 aromatic heterocycles. The smallest absolute Gasteiger partial charge is 0.0383 e. The molecular formula is C14H21BrN2. The van der Waals surface area contributed by atoms with Gasteiger partial charge in [-0.2, -0.15) is 0 Å². The number of likely N-dealkylation sites (N-methyl/N-ethyl adjacent to an activating group) is 1. The Balaban J connectivity index is 2.98. The zero-order valence-corrected chi connectivity index (χ0v) is 12.4. The fourth-order valence-corrected chi connectivity index (χ4v) is 2.52. The van der Waals surface area contributed by atoms with Crippen molar-refractivity contribution in [2.45, 2.75) is 26.8 Å². The quantitative estimate of drug-likeness (QED) is 0.836. The summed E-state index contributed by atoms with van der Waals surface area (Å²) in [5, 5.41) is 0. The number of nitrogens with zero attached hydrogens (tertiary/aromatic N) is 1. The van der Waals surface area contributed by atoms with Gasteiger partial charge in [-0.05, 0) is 38.5 Å². The van der Waals surface area contributed by atoms with Crippen molar-refractivity contribution in [3.05, 3.63) is 40.4 Å². The first-order valence-corrected chi connectivity index (χ1v) is 6.69. The number of nitrogens with two attached hydrogens (primary N) is 1. The molecule has 1 rings (SSSR count). The largest absolute Gasteiger partial charge is 0.368 e. The van der Waals surface area contributed by atoms with Gasteiger partial charge in [-0.25, -0.2) is 0 Å². The molecule has 0 saturated heterocycles. The molecule has 0 heterocycles. The molecule has 1 aromatic carbocycles. The van der Waals surface area contributed by atoms with E-state index in [1.807, 2.05) is 13.8 Å². The highest BCUT2D eigenvalue weighted by molar-refractivity contribution is 9.10. The van der Waals surface area contributed by atoms with Crippen LogP contribution in [0.2, 0.25) is 0 Å². The summed E-state index contributed by atoms with van der Waals surface area (Å²) in [6, 6.07) is 6.39. The van der Waals surface area contributed by atoms with Crippen LogP contribution in [0.1, 0.15) is 32.4 Å². The standard InChI is InChI=1S/C14H21BrN2/c1-5-17(9-10(2)3)12-6-7-13(11(4)16)14(15)8-12/h6-8,11H,2,5,9,16H2,1,3-4H3/t11-/m1/s1. The van der Waals surface area contributed by atoms with E-state index in [0.717, 1.165) is 23.1 Å². The average molecular weight is 297 g/mol. The number of halogens is 1. The SMILES string of the molecule is C=C(C)CN(CC)c1ccc([C@@H](C)N)c(Br)c1. The lowest BCUT2D eigenvalue weighted by atomic mass is 10.1. The summed E-state index contributed by atoms with van der Waals surface area (Å²) < 4.78 is 1.07. The third kappa shape index (κ3) is 3.86. The molecular weight excluding hydrogens is 276 g/mol. The van der Waals surface area contributed by atoms with Crippen molar-refractivity contribution in [2.75, 3.05) is 18.0 Å². The number of hydrogen-bond acceptors (Lipinski definition) is 2. The Hall–Kier alpha value is -0.800. The lowest BCUT2D eigenvalue weighted by Gasteiger charge is -2.24. The summed E-state index contributed by atoms with van der Waals surface area (Å²) in [5.41, 5.74) is 9.40. The van der Waals surface area contributed by atoms with Crippen LogP contribution in [0.5, 0.6) is 0 Å². The highest BCUT2D eigenvalue weighted by Crippen LogP contribution is 2.27. The van der Waals surface area contributed by atoms with Gasteiger partial charge >= 0.3 is 0 Å². The van der Waals surface area contributed by atoms with E-state index in [0.29, 0.717) is 0 Å². The van der Waals surface area contributed by atoms with Gasteiger partial charge in [-0.3, -0.25) is 0 Å². The molecule has 0 aliphatic carbocycles. The highest BCUT2D eigenvalue weighted by Gasteiger charge is 2.09. The van der Waals surface area contributed by atoms with Crippen molar-refractivity contribution in [3.63, 3.8) is 0 Å². The summed E-state index contributed by atoms with van der Waals surface area (Å²) in [5.74, 6) is 0. The maximum atomic E-state index is 5.90. The first-order chi connectivity index (χ1) is 7.95. The monoisotopic (exact) mass is 296 g/mol. The van der Waals surface area contributed by atoms with Crippen molar-refractivity contribution in [3.8, 4) is 0 Å². The number of anilines is 1. The highest BCUT2D eigenvalue weighted by atomic mass is 79.9. The van der Waals surface area contributed by atoms with E-state index in [9.17, 15) is 0 Å². The van der Waals surface area contributed by atoms with Gasteiger partial charge in [-0.15, -0.1) is 0 Å². The van der Waals surface area contributed by atoms with E-state index in [1.165, 1.54) is 11.3 Å². The average Bonchev–Trinajstić information content (AvgIpc) is 2.24. The number of rotatable bonds is 5. The fourth-order valence-electron chi connectivity index (χ4n) is 1.79. The Morgan fingerprint density at radius 3 is 2.59 bits per heavy atom. The van der Waals surface area contributed by atoms with E-state index in [4.69, 9.17) is 5.73 Å². The molecule has 17 heavy (non-hydrogen) atoms. The van der Waals surface area contributed by atoms with Gasteiger partial charge in [-0.1, -0.05) is 34.1 Å². The van der Waals surface area contributed by atoms with E-state index in [1.54, 1.807) is 0 Å². The first-order valence-electron chi connectivity index (χ1n) is 5.90. The molecule has 0 fully saturated rings. The summed E-state index contributed by atoms with van der Waals surface area (Å²) in [7, 11) is 0. The van der Waals surface area contributed by atoms with Gasteiger partial charge in [0.15, 0.2) is 0 Å². The molecule has 2 nitrogen and oxygen atoms in total. The maximum Gasteiger partial charge on any atom is 0.0383 e. The molecule has 0 radical (unpaired) electrons. The van der Waals surface area contributed by atoms with Crippen LogP contribution in [0.25, 0.3) is 0 Å². The molecule has 0 unspecified atom stereocenters. The van der Waals surface area contributed by atoms with E-state index in [2.05, 4.69) is 52.5 Å². The molecule has 0 aliphatic heterocycles. The molecule has 94 valence electrons. The van der Waals surface area contributed by atoms with Crippen molar-refractivity contribution in [1.29, 1.82) is 0 Å². The number of benzene rings is 1. The van der Waals surface area contributed by atoms with Crippen LogP contribution in [0.15, 0.2) is 34.8 Å². The predicted molar refractivity (Wildman–Crippen MR) is 79.4 cm³/mol. The normalized spacial score (nSPS) is 12.3. The Labute approximate surface area is 113 Å². The van der Waals surface area contributed by atoms with Gasteiger partial charge in [0.2, 0.25) is 0 Å². The maximum absolute atomic E-state index is 5.90. The summed E-state index contributed by atoms with van der Waals surface area (Å²) in [6.07, 6.45) is 0. The van der Waals surface area contributed by atoms with Crippen LogP contribution >= 0.6 is 15.9 Å². The van der Waals surface area contributed by atoms with Crippen LogP contribution in [0.4, 0.5) is 5.69 Å². The molecule has 0 bridgehead atoms. The second-order valence-corrected chi connectivity index (χ2v) is 5.32. The van der Waals surface area contributed by atoms with Gasteiger partial charge < -0.3 is 10.6 Å². The van der Waals surface area contributed by atoms with Crippen LogP contribution in [0, 0.1) is 0 Å². The second-order valence-electron chi connectivity index (χ2n) is 4.47. The third-order valence-corrected chi connectivity index (χ3v) is 3.37. The molecule has 1 atom stereocenters. The Morgan fingerprint density at radius 1 is 1.53 bits per heavy atom. The molecule has 1 aromatic rings. The molecule has 0 amide bonds. The number of hydrogen-bond donors (Lipinski definition) is 1. The van der Waals surface area contributed by atoms with Crippen LogP contribution in [-0.4, -0.2) is 13.1 Å². The zero-order chi connectivity index (χ0) is 13.0. The van der Waals surface area contributed by atoms with Gasteiger partial charge in [0.1, 0.15) is 0 Å². The van der Waals surface area contributed by atoms with Gasteiger partial charge in [0.05, 0.1) is 0 Å². The van der Waals surface area contributed by atoms with Crippen LogP contribution in [0.3, 0.4) is 0 Å². The van der Waals surface area contributed by atoms with Gasteiger partial charge in [0, 0.05) is 29.3 Å². The van der Waals surface area contributed by atoms with Crippen molar-refractivity contribution >= 4 is 21.6 Å². The predicted octanol–water partition coefficient (Wildman–Crippen LogP) is 3.87. The lowest BCUT2D eigenvalue weighted by molar-refractivity contribution is 0.810. The fraction of sp³-hybridized carbons (Fsp3) is 0.429. The Kier molecular flexibility index (Phi) is 5.22. The first kappa shape index (κ1) is 14.3. The van der Waals surface area contributed by atoms with Crippen LogP contribution in [-0.2, 0) is 0 Å². The second kappa shape index (κ2) is 6.22. The molecule has 0 saturated carbocycles. The topological polar surface area (TPSA) is 29.3 Å². The molecule has 3 heteroatoms. The van der Waals surface area contributed by atoms with Crippen molar-refractivity contribution in [2.24, 2.45) is 5.73 Å². The van der Waals surface area contributed by atoms with Crippen molar-refractivity contribution in [1.82, 2.24) is 0 Å². The molecule has 0 aliphatic rings. The van der Waals surface area contributed by atoms with E-state index >= 15 is 0 Å². The minimum absolute atomic E-state index is 0.0506. The Morgan fingerprint density at radius 2 is 2.18 bits per heavy atom. The zero-order valence-electron chi connectivity index (χ0n) is 10.8. The van der Waals surface area contributed by atoms with E-state index in [-0.39, 0.29) is 6.04 Å². The van der Waals surface area contributed by atoms with Crippen molar-refractivity contribution < 1.29 is 0 Å². The van der Waals surface area contributed by atoms with E-state index < -0.39 is 0 Å². The van der Waals surface area contributed by atoms with Crippen LogP contribution < -0.4 is 10.6 Å². The molecule has 2 N–H and O–H groups in total.